The molecule has 158 valence electrons. The molecular formula is C23H14F2N4O2S. The Morgan fingerprint density at radius 1 is 1.09 bits per heavy atom. The maximum Gasteiger partial charge on any atom is 0.266 e. The van der Waals surface area contributed by atoms with Gasteiger partial charge in [-0.3, -0.25) is 14.2 Å². The summed E-state index contributed by atoms with van der Waals surface area (Å²) in [6.07, 6.45) is 0. The Morgan fingerprint density at radius 3 is 2.56 bits per heavy atom. The number of para-hydroxylation sites is 1. The van der Waals surface area contributed by atoms with Crippen LogP contribution < -0.4 is 10.9 Å². The van der Waals surface area contributed by atoms with Crippen molar-refractivity contribution < 1.29 is 13.6 Å². The Morgan fingerprint density at radius 2 is 1.84 bits per heavy atom. The van der Waals surface area contributed by atoms with Crippen LogP contribution in [0, 0.1) is 23.0 Å². The van der Waals surface area contributed by atoms with E-state index >= 15 is 0 Å². The van der Waals surface area contributed by atoms with Crippen LogP contribution in [0.2, 0.25) is 0 Å². The molecule has 0 spiro atoms. The molecule has 1 heterocycles. The number of anilines is 1. The second kappa shape index (κ2) is 8.99. The minimum absolute atomic E-state index is 0.0918. The minimum Gasteiger partial charge on any atom is -0.325 e. The summed E-state index contributed by atoms with van der Waals surface area (Å²) < 4.78 is 29.0. The third-order valence-corrected chi connectivity index (χ3v) is 5.46. The highest BCUT2D eigenvalue weighted by atomic mass is 32.2. The molecule has 3 aromatic carbocycles. The van der Waals surface area contributed by atoms with Crippen molar-refractivity contribution in [2.24, 2.45) is 0 Å². The number of aromatic nitrogens is 2. The largest absolute Gasteiger partial charge is 0.325 e. The van der Waals surface area contributed by atoms with Crippen molar-refractivity contribution in [3.8, 4) is 11.8 Å². The van der Waals surface area contributed by atoms with Crippen LogP contribution in [-0.4, -0.2) is 21.2 Å². The lowest BCUT2D eigenvalue weighted by Crippen LogP contribution is -2.23. The molecule has 0 aliphatic heterocycles. The fourth-order valence-corrected chi connectivity index (χ4v) is 3.85. The summed E-state index contributed by atoms with van der Waals surface area (Å²) in [7, 11) is 0. The van der Waals surface area contributed by atoms with Crippen LogP contribution in [0.25, 0.3) is 16.6 Å². The van der Waals surface area contributed by atoms with E-state index in [2.05, 4.69) is 10.3 Å². The van der Waals surface area contributed by atoms with Crippen molar-refractivity contribution in [3.05, 3.63) is 94.3 Å². The van der Waals surface area contributed by atoms with Crippen molar-refractivity contribution in [1.82, 2.24) is 9.55 Å². The Balaban J connectivity index is 1.67. The summed E-state index contributed by atoms with van der Waals surface area (Å²) in [5.41, 5.74) is 0.665. The number of nitrogens with one attached hydrogen (secondary N) is 1. The third kappa shape index (κ3) is 4.36. The molecule has 6 nitrogen and oxygen atoms in total. The lowest BCUT2D eigenvalue weighted by molar-refractivity contribution is -0.113. The van der Waals surface area contributed by atoms with E-state index in [-0.39, 0.29) is 27.9 Å². The number of nitrogens with zero attached hydrogens (tertiary/aromatic N) is 3. The quantitative estimate of drug-likeness (QED) is 0.364. The maximum absolute atomic E-state index is 14.5. The first-order valence-electron chi connectivity index (χ1n) is 9.36. The van der Waals surface area contributed by atoms with Gasteiger partial charge in [0.2, 0.25) is 5.91 Å². The second-order valence-electron chi connectivity index (χ2n) is 6.67. The summed E-state index contributed by atoms with van der Waals surface area (Å²) in [6.45, 7) is 0. The van der Waals surface area contributed by atoms with Crippen molar-refractivity contribution in [1.29, 1.82) is 5.26 Å². The average Bonchev–Trinajstić information content (AvgIpc) is 2.79. The Hall–Kier alpha value is -4.03. The molecule has 0 radical (unpaired) electrons. The van der Waals surface area contributed by atoms with Crippen molar-refractivity contribution >= 4 is 34.3 Å². The van der Waals surface area contributed by atoms with Gasteiger partial charge in [-0.25, -0.2) is 13.8 Å². The van der Waals surface area contributed by atoms with Crippen molar-refractivity contribution in [2.75, 3.05) is 11.1 Å². The zero-order chi connectivity index (χ0) is 22.7. The summed E-state index contributed by atoms with van der Waals surface area (Å²) in [5, 5.41) is 11.9. The number of thioether (sulfide) groups is 1. The molecule has 0 saturated carbocycles. The molecular weight excluding hydrogens is 434 g/mol. The van der Waals surface area contributed by atoms with Gasteiger partial charge in [-0.05, 0) is 48.5 Å². The molecule has 0 unspecified atom stereocenters. The van der Waals surface area contributed by atoms with E-state index in [1.54, 1.807) is 48.5 Å². The number of nitriles is 1. The molecule has 32 heavy (non-hydrogen) atoms. The lowest BCUT2D eigenvalue weighted by atomic mass is 10.2. The number of rotatable bonds is 5. The predicted molar refractivity (Wildman–Crippen MR) is 118 cm³/mol. The Bertz CT molecular complexity index is 1430. The predicted octanol–water partition coefficient (Wildman–Crippen LogP) is 4.27. The van der Waals surface area contributed by atoms with Gasteiger partial charge in [0.05, 0.1) is 34.0 Å². The van der Waals surface area contributed by atoms with Crippen LogP contribution in [0.5, 0.6) is 0 Å². The molecule has 1 N–H and O–H groups in total. The van der Waals surface area contributed by atoms with Crippen LogP contribution in [0.15, 0.2) is 76.7 Å². The highest BCUT2D eigenvalue weighted by molar-refractivity contribution is 7.99. The van der Waals surface area contributed by atoms with Gasteiger partial charge in [-0.1, -0.05) is 23.9 Å². The molecule has 1 amide bonds. The first-order chi connectivity index (χ1) is 15.5. The van der Waals surface area contributed by atoms with Gasteiger partial charge in [-0.15, -0.1) is 0 Å². The molecule has 4 rings (SSSR count). The van der Waals surface area contributed by atoms with Crippen LogP contribution in [0.1, 0.15) is 5.56 Å². The molecule has 0 atom stereocenters. The van der Waals surface area contributed by atoms with E-state index in [4.69, 9.17) is 5.26 Å². The smallest absolute Gasteiger partial charge is 0.266 e. The SMILES string of the molecule is N#Cc1ccc(NC(=O)CSc2nc3ccccc3c(=O)n2-c2ccc(F)cc2F)cc1. The fraction of sp³-hybridized carbons (Fsp3) is 0.0435. The zero-order valence-corrected chi connectivity index (χ0v) is 17.2. The molecule has 0 bridgehead atoms. The molecule has 9 heteroatoms. The standard InChI is InChI=1S/C23H14F2N4O2S/c24-15-7-10-20(18(25)11-15)29-22(31)17-3-1-2-4-19(17)28-23(29)32-13-21(30)27-16-8-5-14(12-26)6-9-16/h1-11H,13H2,(H,27,30). The summed E-state index contributed by atoms with van der Waals surface area (Å²) in [4.78, 5) is 29.9. The second-order valence-corrected chi connectivity index (χ2v) is 7.62. The maximum atomic E-state index is 14.5. The van der Waals surface area contributed by atoms with E-state index in [1.807, 2.05) is 6.07 Å². The van der Waals surface area contributed by atoms with Gasteiger partial charge < -0.3 is 5.32 Å². The highest BCUT2D eigenvalue weighted by Crippen LogP contribution is 2.23. The Labute approximate surface area is 185 Å². The topological polar surface area (TPSA) is 87.8 Å². The Kier molecular flexibility index (Phi) is 5.96. The van der Waals surface area contributed by atoms with E-state index < -0.39 is 17.2 Å². The summed E-state index contributed by atoms with van der Waals surface area (Å²) >= 11 is 0.946. The first-order valence-corrected chi connectivity index (χ1v) is 10.3. The number of halogens is 2. The van der Waals surface area contributed by atoms with Crippen LogP contribution in [-0.2, 0) is 4.79 Å². The van der Waals surface area contributed by atoms with Gasteiger partial charge in [0.15, 0.2) is 5.16 Å². The zero-order valence-electron chi connectivity index (χ0n) is 16.4. The number of hydrogen-bond acceptors (Lipinski definition) is 5. The third-order valence-electron chi connectivity index (χ3n) is 4.53. The van der Waals surface area contributed by atoms with Gasteiger partial charge in [0.25, 0.3) is 5.56 Å². The van der Waals surface area contributed by atoms with Crippen LogP contribution in [0.3, 0.4) is 0 Å². The first kappa shape index (κ1) is 21.2. The van der Waals surface area contributed by atoms with Crippen LogP contribution >= 0.6 is 11.8 Å². The number of carbonyl (C=O) groups excluding carboxylic acids is 1. The number of benzene rings is 3. The molecule has 0 aliphatic rings. The number of carbonyl (C=O) groups is 1. The van der Waals surface area contributed by atoms with Gasteiger partial charge >= 0.3 is 0 Å². The number of amides is 1. The monoisotopic (exact) mass is 448 g/mol. The highest BCUT2D eigenvalue weighted by Gasteiger charge is 2.17. The molecule has 0 saturated heterocycles. The molecule has 4 aromatic rings. The molecule has 0 aliphatic carbocycles. The van der Waals surface area contributed by atoms with E-state index in [0.717, 1.165) is 28.5 Å². The number of fused-ring (bicyclic) bond motifs is 1. The number of hydrogen-bond donors (Lipinski definition) is 1. The van der Waals surface area contributed by atoms with Crippen molar-refractivity contribution in [3.63, 3.8) is 0 Å². The van der Waals surface area contributed by atoms with Gasteiger partial charge in [0.1, 0.15) is 11.6 Å². The minimum atomic E-state index is -0.923. The van der Waals surface area contributed by atoms with Crippen molar-refractivity contribution in [2.45, 2.75) is 5.16 Å². The van der Waals surface area contributed by atoms with Gasteiger partial charge in [-0.2, -0.15) is 5.26 Å². The lowest BCUT2D eigenvalue weighted by Gasteiger charge is -2.14. The normalized spacial score (nSPS) is 10.7. The summed E-state index contributed by atoms with van der Waals surface area (Å²) in [5.74, 6) is -2.20. The van der Waals surface area contributed by atoms with E-state index in [9.17, 15) is 18.4 Å². The van der Waals surface area contributed by atoms with E-state index in [1.165, 1.54) is 0 Å². The van der Waals surface area contributed by atoms with E-state index in [0.29, 0.717) is 22.8 Å². The average molecular weight is 448 g/mol. The van der Waals surface area contributed by atoms with Crippen LogP contribution in [0.4, 0.5) is 14.5 Å². The molecule has 1 aromatic heterocycles. The fourth-order valence-electron chi connectivity index (χ4n) is 3.04. The molecule has 0 fully saturated rings. The summed E-state index contributed by atoms with van der Waals surface area (Å²) in [6, 6.07) is 17.8. The van der Waals surface area contributed by atoms with Gasteiger partial charge in [0, 0.05) is 11.8 Å².